The van der Waals surface area contributed by atoms with Gasteiger partial charge in [-0.15, -0.1) is 0 Å². The highest BCUT2D eigenvalue weighted by Crippen LogP contribution is 2.23. The van der Waals surface area contributed by atoms with Crippen LogP contribution in [0.1, 0.15) is 5.56 Å². The van der Waals surface area contributed by atoms with E-state index < -0.39 is 0 Å². The topological polar surface area (TPSA) is 48.7 Å². The Morgan fingerprint density at radius 3 is 2.82 bits per heavy atom. The fraction of sp³-hybridized carbons (Fsp3) is 0.308. The summed E-state index contributed by atoms with van der Waals surface area (Å²) in [5.74, 6) is 0.682. The zero-order valence-corrected chi connectivity index (χ0v) is 9.86. The SMILES string of the molecule is COCCOc1cc(C)c2ccc(=O)oc2c1. The largest absolute Gasteiger partial charge is 0.491 e. The van der Waals surface area contributed by atoms with Crippen molar-refractivity contribution in [3.63, 3.8) is 0 Å². The number of methoxy groups -OCH3 is 1. The zero-order valence-electron chi connectivity index (χ0n) is 9.86. The molecule has 0 unspecified atom stereocenters. The second kappa shape index (κ2) is 5.01. The number of benzene rings is 1. The Bertz CT molecular complexity index is 571. The van der Waals surface area contributed by atoms with Crippen molar-refractivity contribution in [2.24, 2.45) is 0 Å². The second-order valence-electron chi connectivity index (χ2n) is 3.75. The van der Waals surface area contributed by atoms with Crippen molar-refractivity contribution >= 4 is 11.0 Å². The normalized spacial score (nSPS) is 10.7. The highest BCUT2D eigenvalue weighted by Gasteiger charge is 2.04. The van der Waals surface area contributed by atoms with Crippen LogP contribution < -0.4 is 10.4 Å². The molecule has 4 heteroatoms. The molecule has 0 radical (unpaired) electrons. The van der Waals surface area contributed by atoms with Crippen LogP contribution in [0.15, 0.2) is 33.5 Å². The smallest absolute Gasteiger partial charge is 0.336 e. The molecule has 0 fully saturated rings. The Morgan fingerprint density at radius 1 is 1.24 bits per heavy atom. The summed E-state index contributed by atoms with van der Waals surface area (Å²) in [6.45, 7) is 2.94. The Balaban J connectivity index is 2.36. The number of hydrogen-bond acceptors (Lipinski definition) is 4. The van der Waals surface area contributed by atoms with Crippen LogP contribution in [-0.4, -0.2) is 20.3 Å². The van der Waals surface area contributed by atoms with Gasteiger partial charge in [0.1, 0.15) is 17.9 Å². The average molecular weight is 234 g/mol. The van der Waals surface area contributed by atoms with E-state index in [1.54, 1.807) is 19.2 Å². The summed E-state index contributed by atoms with van der Waals surface area (Å²) in [4.78, 5) is 11.1. The molecule has 0 aliphatic carbocycles. The third kappa shape index (κ3) is 2.65. The summed E-state index contributed by atoms with van der Waals surface area (Å²) in [5.41, 5.74) is 1.20. The van der Waals surface area contributed by atoms with E-state index in [4.69, 9.17) is 13.9 Å². The van der Waals surface area contributed by atoms with E-state index in [1.165, 1.54) is 6.07 Å². The molecule has 0 spiro atoms. The van der Waals surface area contributed by atoms with E-state index in [2.05, 4.69) is 0 Å². The lowest BCUT2D eigenvalue weighted by Gasteiger charge is -2.08. The maximum Gasteiger partial charge on any atom is 0.336 e. The van der Waals surface area contributed by atoms with Crippen molar-refractivity contribution in [1.82, 2.24) is 0 Å². The Morgan fingerprint density at radius 2 is 2.06 bits per heavy atom. The van der Waals surface area contributed by atoms with E-state index in [-0.39, 0.29) is 5.63 Å². The van der Waals surface area contributed by atoms with Gasteiger partial charge >= 0.3 is 5.63 Å². The molecule has 1 aromatic heterocycles. The Hall–Kier alpha value is -1.81. The molecule has 0 saturated carbocycles. The zero-order chi connectivity index (χ0) is 12.3. The van der Waals surface area contributed by atoms with Crippen LogP contribution >= 0.6 is 0 Å². The first kappa shape index (κ1) is 11.7. The summed E-state index contributed by atoms with van der Waals surface area (Å²) >= 11 is 0. The van der Waals surface area contributed by atoms with Crippen LogP contribution in [0.4, 0.5) is 0 Å². The van der Waals surface area contributed by atoms with Crippen LogP contribution in [0.5, 0.6) is 5.75 Å². The summed E-state index contributed by atoms with van der Waals surface area (Å²) in [5, 5.41) is 0.920. The van der Waals surface area contributed by atoms with E-state index in [9.17, 15) is 4.79 Å². The molecule has 0 amide bonds. The van der Waals surface area contributed by atoms with Gasteiger partial charge in [0.05, 0.1) is 6.61 Å². The first-order chi connectivity index (χ1) is 8.20. The van der Waals surface area contributed by atoms with Crippen LogP contribution in [0.2, 0.25) is 0 Å². The number of aryl methyl sites for hydroxylation is 1. The van der Waals surface area contributed by atoms with Gasteiger partial charge in [-0.1, -0.05) is 0 Å². The minimum absolute atomic E-state index is 0.356. The van der Waals surface area contributed by atoms with E-state index in [0.29, 0.717) is 24.5 Å². The molecule has 1 aromatic carbocycles. The maximum atomic E-state index is 11.1. The molecule has 4 nitrogen and oxygen atoms in total. The quantitative estimate of drug-likeness (QED) is 0.600. The third-order valence-corrected chi connectivity index (χ3v) is 2.48. The minimum atomic E-state index is -0.356. The first-order valence-electron chi connectivity index (χ1n) is 5.37. The van der Waals surface area contributed by atoms with E-state index >= 15 is 0 Å². The molecule has 0 aliphatic heterocycles. The van der Waals surface area contributed by atoms with Crippen molar-refractivity contribution in [2.45, 2.75) is 6.92 Å². The number of ether oxygens (including phenoxy) is 2. The summed E-state index contributed by atoms with van der Waals surface area (Å²) in [6, 6.07) is 6.81. The summed E-state index contributed by atoms with van der Waals surface area (Å²) in [6.07, 6.45) is 0. The van der Waals surface area contributed by atoms with Crippen molar-refractivity contribution < 1.29 is 13.9 Å². The van der Waals surface area contributed by atoms with Gasteiger partial charge in [0, 0.05) is 24.6 Å². The molecular formula is C13H14O4. The van der Waals surface area contributed by atoms with Crippen LogP contribution in [0.3, 0.4) is 0 Å². The molecular weight excluding hydrogens is 220 g/mol. The minimum Gasteiger partial charge on any atom is -0.491 e. The second-order valence-corrected chi connectivity index (χ2v) is 3.75. The highest BCUT2D eigenvalue weighted by molar-refractivity contribution is 5.81. The van der Waals surface area contributed by atoms with Crippen molar-refractivity contribution in [3.05, 3.63) is 40.2 Å². The predicted molar refractivity (Wildman–Crippen MR) is 64.6 cm³/mol. The number of hydrogen-bond donors (Lipinski definition) is 0. The number of rotatable bonds is 4. The fourth-order valence-corrected chi connectivity index (χ4v) is 1.65. The van der Waals surface area contributed by atoms with E-state index in [0.717, 1.165) is 10.9 Å². The maximum absolute atomic E-state index is 11.1. The standard InChI is InChI=1S/C13H14O4/c1-9-7-10(16-6-5-15-2)8-12-11(9)3-4-13(14)17-12/h3-4,7-8H,5-6H2,1-2H3. The highest BCUT2D eigenvalue weighted by atomic mass is 16.5. The lowest BCUT2D eigenvalue weighted by molar-refractivity contribution is 0.146. The van der Waals surface area contributed by atoms with Crippen LogP contribution in [0.25, 0.3) is 11.0 Å². The van der Waals surface area contributed by atoms with Crippen molar-refractivity contribution in [2.75, 3.05) is 20.3 Å². The van der Waals surface area contributed by atoms with Gasteiger partial charge in [-0.25, -0.2) is 4.79 Å². The molecule has 0 atom stereocenters. The molecule has 0 saturated heterocycles. The molecule has 2 rings (SSSR count). The van der Waals surface area contributed by atoms with Crippen LogP contribution in [-0.2, 0) is 4.74 Å². The predicted octanol–water partition coefficient (Wildman–Crippen LogP) is 2.13. The van der Waals surface area contributed by atoms with Crippen molar-refractivity contribution in [3.8, 4) is 5.75 Å². The molecule has 0 bridgehead atoms. The molecule has 2 aromatic rings. The van der Waals surface area contributed by atoms with Gasteiger partial charge in [-0.3, -0.25) is 0 Å². The first-order valence-corrected chi connectivity index (χ1v) is 5.37. The summed E-state index contributed by atoms with van der Waals surface area (Å²) in [7, 11) is 1.62. The summed E-state index contributed by atoms with van der Waals surface area (Å²) < 4.78 is 15.5. The molecule has 17 heavy (non-hydrogen) atoms. The Labute approximate surface area is 98.8 Å². The van der Waals surface area contributed by atoms with Gasteiger partial charge in [-0.05, 0) is 24.6 Å². The molecule has 90 valence electrons. The monoisotopic (exact) mass is 234 g/mol. The molecule has 0 aliphatic rings. The lowest BCUT2D eigenvalue weighted by atomic mass is 10.1. The van der Waals surface area contributed by atoms with Gasteiger partial charge in [-0.2, -0.15) is 0 Å². The van der Waals surface area contributed by atoms with Crippen LogP contribution in [0, 0.1) is 6.92 Å². The third-order valence-electron chi connectivity index (χ3n) is 2.48. The van der Waals surface area contributed by atoms with Gasteiger partial charge in [0.15, 0.2) is 0 Å². The molecule has 1 heterocycles. The van der Waals surface area contributed by atoms with Gasteiger partial charge < -0.3 is 13.9 Å². The average Bonchev–Trinajstić information content (AvgIpc) is 2.28. The fourth-order valence-electron chi connectivity index (χ4n) is 1.65. The van der Waals surface area contributed by atoms with Gasteiger partial charge in [0.2, 0.25) is 0 Å². The lowest BCUT2D eigenvalue weighted by Crippen LogP contribution is -2.04. The van der Waals surface area contributed by atoms with E-state index in [1.807, 2.05) is 13.0 Å². The van der Waals surface area contributed by atoms with Gasteiger partial charge in [0.25, 0.3) is 0 Å². The Kier molecular flexibility index (Phi) is 3.44. The molecule has 0 N–H and O–H groups in total. The van der Waals surface area contributed by atoms with Crippen molar-refractivity contribution in [1.29, 1.82) is 0 Å². The number of fused-ring (bicyclic) bond motifs is 1.